The summed E-state index contributed by atoms with van der Waals surface area (Å²) in [6.07, 6.45) is 2.37. The molecule has 1 heterocycles. The van der Waals surface area contributed by atoms with E-state index >= 15 is 0 Å². The Morgan fingerprint density at radius 1 is 1.29 bits per heavy atom. The summed E-state index contributed by atoms with van der Waals surface area (Å²) in [5.41, 5.74) is 2.27. The molecule has 90 valence electrons. The van der Waals surface area contributed by atoms with Gasteiger partial charge >= 0.3 is 0 Å². The number of anilines is 1. The Balaban J connectivity index is 2.31. The monoisotopic (exact) mass is 228 g/mol. The summed E-state index contributed by atoms with van der Waals surface area (Å²) in [6, 6.07) is 10.9. The molecule has 1 aromatic carbocycles. The predicted molar refractivity (Wildman–Crippen MR) is 74.5 cm³/mol. The standard InChI is InChI=1S/C15H20N2/c1-4-7-12(3)16-15-11(2)10-13-8-5-6-9-14(13)17-15/h5-6,8-10,12H,4,7H2,1-3H3,(H,16,17). The number of pyridine rings is 1. The first-order chi connectivity index (χ1) is 8.20. The van der Waals surface area contributed by atoms with E-state index < -0.39 is 0 Å². The number of fused-ring (bicyclic) bond motifs is 1. The second-order valence-corrected chi connectivity index (χ2v) is 4.68. The molecular weight excluding hydrogens is 208 g/mol. The molecule has 2 rings (SSSR count). The van der Waals surface area contributed by atoms with Crippen LogP contribution in [-0.2, 0) is 0 Å². The summed E-state index contributed by atoms with van der Waals surface area (Å²) < 4.78 is 0. The van der Waals surface area contributed by atoms with Gasteiger partial charge in [-0.15, -0.1) is 0 Å². The second kappa shape index (κ2) is 5.17. The molecule has 1 N–H and O–H groups in total. The van der Waals surface area contributed by atoms with Crippen LogP contribution in [0.4, 0.5) is 5.82 Å². The van der Waals surface area contributed by atoms with Crippen LogP contribution in [0.5, 0.6) is 0 Å². The Morgan fingerprint density at radius 3 is 2.82 bits per heavy atom. The number of benzene rings is 1. The molecule has 0 saturated carbocycles. The highest BCUT2D eigenvalue weighted by Gasteiger charge is 2.06. The molecule has 17 heavy (non-hydrogen) atoms. The third kappa shape index (κ3) is 2.76. The third-order valence-electron chi connectivity index (χ3n) is 3.02. The number of hydrogen-bond acceptors (Lipinski definition) is 2. The highest BCUT2D eigenvalue weighted by molar-refractivity contribution is 5.81. The van der Waals surface area contributed by atoms with E-state index in [4.69, 9.17) is 0 Å². The van der Waals surface area contributed by atoms with Crippen LogP contribution in [0.15, 0.2) is 30.3 Å². The van der Waals surface area contributed by atoms with Gasteiger partial charge < -0.3 is 5.32 Å². The molecule has 1 unspecified atom stereocenters. The SMILES string of the molecule is CCCC(C)Nc1nc2ccccc2cc1C. The van der Waals surface area contributed by atoms with Gasteiger partial charge in [0.15, 0.2) is 0 Å². The van der Waals surface area contributed by atoms with Gasteiger partial charge in [0.2, 0.25) is 0 Å². The number of rotatable bonds is 4. The van der Waals surface area contributed by atoms with Crippen LogP contribution in [0.2, 0.25) is 0 Å². The minimum absolute atomic E-state index is 0.479. The smallest absolute Gasteiger partial charge is 0.129 e. The molecule has 0 aliphatic carbocycles. The maximum Gasteiger partial charge on any atom is 0.129 e. The van der Waals surface area contributed by atoms with E-state index in [2.05, 4.69) is 55.3 Å². The van der Waals surface area contributed by atoms with Gasteiger partial charge in [-0.25, -0.2) is 4.98 Å². The topological polar surface area (TPSA) is 24.9 Å². The van der Waals surface area contributed by atoms with Crippen LogP contribution in [0.3, 0.4) is 0 Å². The van der Waals surface area contributed by atoms with Crippen LogP contribution < -0.4 is 5.32 Å². The highest BCUT2D eigenvalue weighted by Crippen LogP contribution is 2.20. The summed E-state index contributed by atoms with van der Waals surface area (Å²) >= 11 is 0. The van der Waals surface area contributed by atoms with E-state index in [9.17, 15) is 0 Å². The number of aromatic nitrogens is 1. The lowest BCUT2D eigenvalue weighted by molar-refractivity contribution is 0.687. The van der Waals surface area contributed by atoms with Crippen molar-refractivity contribution in [1.29, 1.82) is 0 Å². The fourth-order valence-electron chi connectivity index (χ4n) is 2.11. The number of nitrogens with zero attached hydrogens (tertiary/aromatic N) is 1. The van der Waals surface area contributed by atoms with Gasteiger partial charge in [-0.3, -0.25) is 0 Å². The normalized spacial score (nSPS) is 12.6. The van der Waals surface area contributed by atoms with Crippen LogP contribution in [0.25, 0.3) is 10.9 Å². The first kappa shape index (κ1) is 11.9. The lowest BCUT2D eigenvalue weighted by Gasteiger charge is -2.15. The van der Waals surface area contributed by atoms with E-state index in [1.54, 1.807) is 0 Å². The Hall–Kier alpha value is -1.57. The van der Waals surface area contributed by atoms with Crippen molar-refractivity contribution < 1.29 is 0 Å². The molecule has 1 aromatic heterocycles. The number of nitrogens with one attached hydrogen (secondary N) is 1. The van der Waals surface area contributed by atoms with Crippen LogP contribution >= 0.6 is 0 Å². The average Bonchev–Trinajstić information content (AvgIpc) is 2.30. The van der Waals surface area contributed by atoms with E-state index in [1.165, 1.54) is 23.8 Å². The van der Waals surface area contributed by atoms with Gasteiger partial charge in [-0.1, -0.05) is 31.5 Å². The maximum atomic E-state index is 4.69. The Bertz CT molecular complexity index is 505. The lowest BCUT2D eigenvalue weighted by atomic mass is 10.1. The first-order valence-corrected chi connectivity index (χ1v) is 6.33. The summed E-state index contributed by atoms with van der Waals surface area (Å²) in [5, 5.41) is 4.70. The Kier molecular flexibility index (Phi) is 3.62. The fourth-order valence-corrected chi connectivity index (χ4v) is 2.11. The third-order valence-corrected chi connectivity index (χ3v) is 3.02. The van der Waals surface area contributed by atoms with Gasteiger partial charge in [0.05, 0.1) is 5.52 Å². The van der Waals surface area contributed by atoms with Crippen molar-refractivity contribution in [2.75, 3.05) is 5.32 Å². The van der Waals surface area contributed by atoms with Crippen LogP contribution in [0.1, 0.15) is 32.3 Å². The molecule has 0 aliphatic heterocycles. The molecule has 0 aliphatic rings. The van der Waals surface area contributed by atoms with E-state index in [-0.39, 0.29) is 0 Å². The highest BCUT2D eigenvalue weighted by atomic mass is 15.0. The minimum Gasteiger partial charge on any atom is -0.367 e. The van der Waals surface area contributed by atoms with Gasteiger partial charge in [0, 0.05) is 11.4 Å². The molecular formula is C15H20N2. The van der Waals surface area contributed by atoms with Crippen molar-refractivity contribution in [2.45, 2.75) is 39.7 Å². The Morgan fingerprint density at radius 2 is 2.06 bits per heavy atom. The molecule has 1 atom stereocenters. The summed E-state index contributed by atoms with van der Waals surface area (Å²) in [4.78, 5) is 4.69. The zero-order valence-electron chi connectivity index (χ0n) is 10.8. The van der Waals surface area contributed by atoms with Crippen molar-refractivity contribution in [2.24, 2.45) is 0 Å². The molecule has 2 nitrogen and oxygen atoms in total. The van der Waals surface area contributed by atoms with Crippen molar-refractivity contribution in [3.8, 4) is 0 Å². The number of aryl methyl sites for hydroxylation is 1. The van der Waals surface area contributed by atoms with Gasteiger partial charge in [-0.2, -0.15) is 0 Å². The second-order valence-electron chi connectivity index (χ2n) is 4.68. The van der Waals surface area contributed by atoms with Crippen LogP contribution in [-0.4, -0.2) is 11.0 Å². The molecule has 0 amide bonds. The molecule has 0 radical (unpaired) electrons. The number of hydrogen-bond donors (Lipinski definition) is 1. The molecule has 2 aromatic rings. The molecule has 0 bridgehead atoms. The quantitative estimate of drug-likeness (QED) is 0.850. The average molecular weight is 228 g/mol. The summed E-state index contributed by atoms with van der Waals surface area (Å²) in [7, 11) is 0. The molecule has 0 saturated heterocycles. The lowest BCUT2D eigenvalue weighted by Crippen LogP contribution is -2.16. The van der Waals surface area contributed by atoms with E-state index in [0.29, 0.717) is 6.04 Å². The molecule has 2 heteroatoms. The fraction of sp³-hybridized carbons (Fsp3) is 0.400. The van der Waals surface area contributed by atoms with Crippen LogP contribution in [0, 0.1) is 6.92 Å². The van der Waals surface area contributed by atoms with E-state index in [1.807, 2.05) is 6.07 Å². The summed E-state index contributed by atoms with van der Waals surface area (Å²) in [6.45, 7) is 6.53. The van der Waals surface area contributed by atoms with Gasteiger partial charge in [0.1, 0.15) is 5.82 Å². The van der Waals surface area contributed by atoms with Crippen molar-refractivity contribution in [3.63, 3.8) is 0 Å². The van der Waals surface area contributed by atoms with Crippen molar-refractivity contribution in [1.82, 2.24) is 4.98 Å². The Labute approximate surface area is 103 Å². The predicted octanol–water partition coefficient (Wildman–Crippen LogP) is 4.14. The molecule has 0 spiro atoms. The van der Waals surface area contributed by atoms with Gasteiger partial charge in [-0.05, 0) is 38.0 Å². The minimum atomic E-state index is 0.479. The van der Waals surface area contributed by atoms with Crippen molar-refractivity contribution >= 4 is 16.7 Å². The van der Waals surface area contributed by atoms with Gasteiger partial charge in [0.25, 0.3) is 0 Å². The van der Waals surface area contributed by atoms with Crippen molar-refractivity contribution in [3.05, 3.63) is 35.9 Å². The van der Waals surface area contributed by atoms with E-state index in [0.717, 1.165) is 11.3 Å². The first-order valence-electron chi connectivity index (χ1n) is 6.33. The molecule has 0 fully saturated rings. The zero-order valence-corrected chi connectivity index (χ0v) is 10.8. The largest absolute Gasteiger partial charge is 0.367 e. The zero-order chi connectivity index (χ0) is 12.3. The summed E-state index contributed by atoms with van der Waals surface area (Å²) in [5.74, 6) is 1.02. The number of para-hydroxylation sites is 1. The maximum absolute atomic E-state index is 4.69.